The molecule has 0 saturated carbocycles. The number of halogens is 1. The van der Waals surface area contributed by atoms with E-state index in [-0.39, 0.29) is 5.91 Å². The second-order valence-electron chi connectivity index (χ2n) is 8.48. The fourth-order valence-corrected chi connectivity index (χ4v) is 5.17. The second-order valence-corrected chi connectivity index (χ2v) is 9.87. The molecule has 0 saturated heterocycles. The molecule has 0 unspecified atom stereocenters. The fourth-order valence-electron chi connectivity index (χ4n) is 3.91. The fraction of sp³-hybridized carbons (Fsp3) is 0.320. The zero-order valence-electron chi connectivity index (χ0n) is 19.5. The van der Waals surface area contributed by atoms with Gasteiger partial charge in [-0.15, -0.1) is 0 Å². The number of rotatable bonds is 7. The Balaban J connectivity index is 1.79. The number of nitrogens with zero attached hydrogens (tertiary/aromatic N) is 4. The van der Waals surface area contributed by atoms with E-state index in [0.29, 0.717) is 39.3 Å². The van der Waals surface area contributed by atoms with Crippen LogP contribution in [-0.4, -0.2) is 48.1 Å². The highest BCUT2D eigenvalue weighted by atomic mass is 35.5. The zero-order chi connectivity index (χ0) is 23.7. The molecule has 0 atom stereocenters. The van der Waals surface area contributed by atoms with Gasteiger partial charge >= 0.3 is 0 Å². The summed E-state index contributed by atoms with van der Waals surface area (Å²) in [6.07, 6.45) is 0.804. The van der Waals surface area contributed by atoms with Crippen LogP contribution >= 0.6 is 22.9 Å². The molecular formula is C25H27ClN4O2S. The number of thiazole rings is 1. The molecule has 0 radical (unpaired) electrons. The van der Waals surface area contributed by atoms with E-state index in [0.717, 1.165) is 34.3 Å². The predicted molar refractivity (Wildman–Crippen MR) is 136 cm³/mol. The van der Waals surface area contributed by atoms with Crippen molar-refractivity contribution >= 4 is 44.2 Å². The highest BCUT2D eigenvalue weighted by Gasteiger charge is 2.29. The normalized spacial score (nSPS) is 11.5. The molecule has 4 aromatic rings. The van der Waals surface area contributed by atoms with Gasteiger partial charge in [-0.3, -0.25) is 9.69 Å². The van der Waals surface area contributed by atoms with Crippen molar-refractivity contribution in [3.8, 4) is 11.3 Å². The summed E-state index contributed by atoms with van der Waals surface area (Å²) in [6, 6.07) is 11.5. The molecule has 4 rings (SSSR count). The third kappa shape index (κ3) is 4.81. The molecule has 2 heterocycles. The van der Waals surface area contributed by atoms with Gasteiger partial charge in [-0.25, -0.2) is 4.98 Å². The first-order valence-corrected chi connectivity index (χ1v) is 12.0. The minimum atomic E-state index is -0.184. The van der Waals surface area contributed by atoms with E-state index < -0.39 is 0 Å². The van der Waals surface area contributed by atoms with E-state index in [1.807, 2.05) is 32.3 Å². The number of carbonyl (C=O) groups excluding carboxylic acids is 1. The quantitative estimate of drug-likeness (QED) is 0.317. The van der Waals surface area contributed by atoms with Crippen molar-refractivity contribution in [1.29, 1.82) is 0 Å². The summed E-state index contributed by atoms with van der Waals surface area (Å²) in [5.74, 6) is 0.275. The number of aromatic nitrogens is 2. The van der Waals surface area contributed by atoms with Gasteiger partial charge in [0.1, 0.15) is 17.0 Å². The summed E-state index contributed by atoms with van der Waals surface area (Å²) in [7, 11) is 4.05. The lowest BCUT2D eigenvalue weighted by molar-refractivity contribution is 0.0985. The van der Waals surface area contributed by atoms with Crippen LogP contribution < -0.4 is 4.90 Å². The Labute approximate surface area is 202 Å². The number of fused-ring (bicyclic) bond motifs is 1. The molecule has 0 aliphatic rings. The molecule has 0 aliphatic heterocycles. The number of amides is 1. The first-order valence-electron chi connectivity index (χ1n) is 10.8. The van der Waals surface area contributed by atoms with Gasteiger partial charge < -0.3 is 9.42 Å². The lowest BCUT2D eigenvalue weighted by atomic mass is 10.1. The Bertz CT molecular complexity index is 1310. The Morgan fingerprint density at radius 1 is 1.12 bits per heavy atom. The number of hydrogen-bond donors (Lipinski definition) is 0. The molecule has 8 heteroatoms. The summed E-state index contributed by atoms with van der Waals surface area (Å²) in [5.41, 5.74) is 4.76. The predicted octanol–water partition coefficient (Wildman–Crippen LogP) is 6.13. The highest BCUT2D eigenvalue weighted by Crippen LogP contribution is 2.36. The summed E-state index contributed by atoms with van der Waals surface area (Å²) in [6.45, 7) is 7.27. The number of benzene rings is 2. The highest BCUT2D eigenvalue weighted by molar-refractivity contribution is 7.22. The molecule has 33 heavy (non-hydrogen) atoms. The zero-order valence-corrected chi connectivity index (χ0v) is 21.0. The van der Waals surface area contributed by atoms with Gasteiger partial charge in [0.2, 0.25) is 0 Å². The third-order valence-electron chi connectivity index (χ3n) is 5.48. The van der Waals surface area contributed by atoms with Crippen molar-refractivity contribution in [3.05, 3.63) is 63.9 Å². The van der Waals surface area contributed by atoms with E-state index >= 15 is 0 Å². The van der Waals surface area contributed by atoms with Crippen LogP contribution in [0.25, 0.3) is 21.5 Å². The maximum atomic E-state index is 14.0. The van der Waals surface area contributed by atoms with Crippen molar-refractivity contribution < 1.29 is 9.32 Å². The molecule has 6 nitrogen and oxygen atoms in total. The summed E-state index contributed by atoms with van der Waals surface area (Å²) >= 11 is 7.96. The molecule has 2 aromatic carbocycles. The van der Waals surface area contributed by atoms with Crippen molar-refractivity contribution in [2.24, 2.45) is 0 Å². The Hall–Kier alpha value is -2.74. The minimum Gasteiger partial charge on any atom is -0.360 e. The molecular weight excluding hydrogens is 456 g/mol. The first-order chi connectivity index (χ1) is 15.8. The van der Waals surface area contributed by atoms with Crippen LogP contribution in [0.4, 0.5) is 5.13 Å². The van der Waals surface area contributed by atoms with Crippen LogP contribution in [0.3, 0.4) is 0 Å². The van der Waals surface area contributed by atoms with Crippen LogP contribution in [0.1, 0.15) is 33.7 Å². The SMILES string of the molecule is Cc1cc(C)c2sc(N(CCCN(C)C)C(=O)c3c(-c4ccccc4Cl)noc3C)nc2c1. The van der Waals surface area contributed by atoms with E-state index in [9.17, 15) is 4.79 Å². The van der Waals surface area contributed by atoms with E-state index in [4.69, 9.17) is 21.1 Å². The van der Waals surface area contributed by atoms with E-state index in [1.165, 1.54) is 11.3 Å². The van der Waals surface area contributed by atoms with Crippen LogP contribution in [0.5, 0.6) is 0 Å². The third-order valence-corrected chi connectivity index (χ3v) is 7.04. The Morgan fingerprint density at radius 3 is 2.61 bits per heavy atom. The standard InChI is InChI=1S/C25H27ClN4O2S/c1-15-13-16(2)23-20(14-15)27-25(33-23)30(12-8-11-29(4)5)24(31)21-17(3)32-28-22(21)18-9-6-7-10-19(18)26/h6-7,9-10,13-14H,8,11-12H2,1-5H3. The molecule has 0 bridgehead atoms. The van der Waals surface area contributed by atoms with Gasteiger partial charge in [0.05, 0.1) is 15.2 Å². The van der Waals surface area contributed by atoms with Crippen molar-refractivity contribution in [1.82, 2.24) is 15.0 Å². The average Bonchev–Trinajstić information content (AvgIpc) is 3.34. The van der Waals surface area contributed by atoms with Crippen molar-refractivity contribution in [2.45, 2.75) is 27.2 Å². The molecule has 0 spiro atoms. The van der Waals surface area contributed by atoms with Gasteiger partial charge in [0, 0.05) is 12.1 Å². The van der Waals surface area contributed by atoms with Crippen LogP contribution in [0.2, 0.25) is 5.02 Å². The van der Waals surface area contributed by atoms with Gasteiger partial charge in [0.15, 0.2) is 5.13 Å². The van der Waals surface area contributed by atoms with Gasteiger partial charge in [0.25, 0.3) is 5.91 Å². The largest absolute Gasteiger partial charge is 0.360 e. The van der Waals surface area contributed by atoms with Crippen LogP contribution in [0.15, 0.2) is 40.9 Å². The summed E-state index contributed by atoms with van der Waals surface area (Å²) < 4.78 is 6.56. The van der Waals surface area contributed by atoms with Gasteiger partial charge in [-0.1, -0.05) is 52.4 Å². The molecule has 2 aromatic heterocycles. The monoisotopic (exact) mass is 482 g/mol. The van der Waals surface area contributed by atoms with E-state index in [1.54, 1.807) is 17.9 Å². The lowest BCUT2D eigenvalue weighted by Gasteiger charge is -2.21. The van der Waals surface area contributed by atoms with Gasteiger partial charge in [-0.2, -0.15) is 0 Å². The molecule has 1 amide bonds. The lowest BCUT2D eigenvalue weighted by Crippen LogP contribution is -2.34. The number of anilines is 1. The number of carbonyl (C=O) groups is 1. The topological polar surface area (TPSA) is 62.5 Å². The van der Waals surface area contributed by atoms with Crippen LogP contribution in [0, 0.1) is 20.8 Å². The summed E-state index contributed by atoms with van der Waals surface area (Å²) in [4.78, 5) is 22.7. The van der Waals surface area contributed by atoms with Crippen molar-refractivity contribution in [3.63, 3.8) is 0 Å². The molecule has 172 valence electrons. The molecule has 0 N–H and O–H groups in total. The smallest absolute Gasteiger partial charge is 0.265 e. The molecule has 0 fully saturated rings. The maximum Gasteiger partial charge on any atom is 0.265 e. The molecule has 0 aliphatic carbocycles. The average molecular weight is 483 g/mol. The number of hydrogen-bond acceptors (Lipinski definition) is 6. The maximum absolute atomic E-state index is 14.0. The minimum absolute atomic E-state index is 0.184. The van der Waals surface area contributed by atoms with Gasteiger partial charge in [-0.05, 0) is 71.1 Å². The second kappa shape index (κ2) is 9.63. The number of aryl methyl sites for hydroxylation is 3. The first kappa shape index (κ1) is 23.4. The van der Waals surface area contributed by atoms with E-state index in [2.05, 4.69) is 36.0 Å². The Kier molecular flexibility index (Phi) is 6.83. The Morgan fingerprint density at radius 2 is 1.88 bits per heavy atom. The van der Waals surface area contributed by atoms with Crippen LogP contribution in [-0.2, 0) is 0 Å². The van der Waals surface area contributed by atoms with Crippen molar-refractivity contribution in [2.75, 3.05) is 32.1 Å². The summed E-state index contributed by atoms with van der Waals surface area (Å²) in [5, 5.41) is 5.38.